The third-order valence-electron chi connectivity index (χ3n) is 5.66. The van der Waals surface area contributed by atoms with Gasteiger partial charge in [-0.25, -0.2) is 0 Å². The summed E-state index contributed by atoms with van der Waals surface area (Å²) < 4.78 is 5.45. The number of aryl methyl sites for hydroxylation is 1. The second kappa shape index (κ2) is 8.16. The van der Waals surface area contributed by atoms with Gasteiger partial charge in [-0.2, -0.15) is 0 Å². The van der Waals surface area contributed by atoms with Gasteiger partial charge in [0.1, 0.15) is 0 Å². The molecule has 0 aliphatic carbocycles. The van der Waals surface area contributed by atoms with Crippen molar-refractivity contribution >= 4 is 5.69 Å². The lowest BCUT2D eigenvalue weighted by atomic mass is 10.0. The first kappa shape index (κ1) is 16.8. The summed E-state index contributed by atoms with van der Waals surface area (Å²) in [5, 5.41) is 3.78. The van der Waals surface area contributed by atoms with Crippen LogP contribution in [0.3, 0.4) is 0 Å². The van der Waals surface area contributed by atoms with E-state index in [9.17, 15) is 0 Å². The number of rotatable bonds is 6. The van der Waals surface area contributed by atoms with Gasteiger partial charge in [0.15, 0.2) is 0 Å². The minimum atomic E-state index is 0.705. The molecule has 3 rings (SSSR count). The molecule has 2 saturated heterocycles. The van der Waals surface area contributed by atoms with Crippen LogP contribution >= 0.6 is 0 Å². The Balaban J connectivity index is 1.37. The van der Waals surface area contributed by atoms with Gasteiger partial charge in [0, 0.05) is 38.0 Å². The fourth-order valence-electron chi connectivity index (χ4n) is 3.91. The van der Waals surface area contributed by atoms with E-state index >= 15 is 0 Å². The molecule has 0 aromatic heterocycles. The van der Waals surface area contributed by atoms with Crippen molar-refractivity contribution in [2.45, 2.75) is 52.0 Å². The number of hydrogen-bond donors (Lipinski definition) is 1. The third kappa shape index (κ3) is 4.48. The molecule has 2 fully saturated rings. The van der Waals surface area contributed by atoms with Crippen LogP contribution in [-0.4, -0.2) is 38.9 Å². The molecule has 2 aliphatic heterocycles. The quantitative estimate of drug-likeness (QED) is 0.810. The van der Waals surface area contributed by atoms with Crippen LogP contribution in [0.4, 0.5) is 5.69 Å². The molecule has 0 saturated carbocycles. The van der Waals surface area contributed by atoms with Crippen LogP contribution in [0.15, 0.2) is 18.2 Å². The third-order valence-corrected chi connectivity index (χ3v) is 5.66. The van der Waals surface area contributed by atoms with Crippen LogP contribution in [0.25, 0.3) is 0 Å². The number of nitrogens with one attached hydrogen (secondary N) is 1. The molecule has 0 unspecified atom stereocenters. The van der Waals surface area contributed by atoms with Crippen molar-refractivity contribution in [3.63, 3.8) is 0 Å². The summed E-state index contributed by atoms with van der Waals surface area (Å²) in [6.45, 7) is 9.97. The summed E-state index contributed by atoms with van der Waals surface area (Å²) in [5.74, 6) is 0.822. The normalized spacial score (nSPS) is 22.7. The van der Waals surface area contributed by atoms with Gasteiger partial charge in [-0.15, -0.1) is 0 Å². The first-order chi connectivity index (χ1) is 11.2. The second-order valence-corrected chi connectivity index (χ2v) is 7.31. The van der Waals surface area contributed by atoms with E-state index in [0.717, 1.165) is 19.1 Å². The molecule has 128 valence electrons. The second-order valence-electron chi connectivity index (χ2n) is 7.31. The van der Waals surface area contributed by atoms with E-state index in [4.69, 9.17) is 4.74 Å². The lowest BCUT2D eigenvalue weighted by molar-refractivity contribution is 0.183. The van der Waals surface area contributed by atoms with Crippen molar-refractivity contribution in [2.24, 2.45) is 5.92 Å². The minimum absolute atomic E-state index is 0.705. The van der Waals surface area contributed by atoms with Crippen molar-refractivity contribution in [3.05, 3.63) is 29.3 Å². The maximum absolute atomic E-state index is 5.45. The first-order valence-electron chi connectivity index (χ1n) is 9.36. The number of nitrogens with zero attached hydrogens (tertiary/aromatic N) is 1. The Hall–Kier alpha value is -1.06. The fourth-order valence-corrected chi connectivity index (χ4v) is 3.91. The van der Waals surface area contributed by atoms with Gasteiger partial charge in [-0.3, -0.25) is 0 Å². The van der Waals surface area contributed by atoms with Gasteiger partial charge in [-0.1, -0.05) is 12.1 Å². The molecule has 2 heterocycles. The van der Waals surface area contributed by atoms with Crippen molar-refractivity contribution in [2.75, 3.05) is 37.7 Å². The molecule has 2 aliphatic rings. The number of piperidine rings is 1. The van der Waals surface area contributed by atoms with Gasteiger partial charge >= 0.3 is 0 Å². The van der Waals surface area contributed by atoms with Gasteiger partial charge in [0.2, 0.25) is 0 Å². The SMILES string of the molecule is Cc1cccc(N2CCC(NCCC[C@H]3CCOC3)CC2)c1C. The van der Waals surface area contributed by atoms with Gasteiger partial charge in [-0.05, 0) is 75.6 Å². The van der Waals surface area contributed by atoms with Crippen molar-refractivity contribution in [3.8, 4) is 0 Å². The summed E-state index contributed by atoms with van der Waals surface area (Å²) in [7, 11) is 0. The zero-order valence-electron chi connectivity index (χ0n) is 14.8. The van der Waals surface area contributed by atoms with Crippen molar-refractivity contribution in [1.29, 1.82) is 0 Å². The van der Waals surface area contributed by atoms with Crippen molar-refractivity contribution in [1.82, 2.24) is 5.32 Å². The summed E-state index contributed by atoms with van der Waals surface area (Å²) in [5.41, 5.74) is 4.28. The molecular formula is C20H32N2O. The van der Waals surface area contributed by atoms with Crippen molar-refractivity contribution < 1.29 is 4.74 Å². The summed E-state index contributed by atoms with van der Waals surface area (Å²) >= 11 is 0. The van der Waals surface area contributed by atoms with E-state index in [1.807, 2.05) is 0 Å². The van der Waals surface area contributed by atoms with Crippen LogP contribution in [0.1, 0.15) is 43.2 Å². The van der Waals surface area contributed by atoms with E-state index in [0.29, 0.717) is 6.04 Å². The topological polar surface area (TPSA) is 24.5 Å². The molecule has 0 bridgehead atoms. The molecule has 1 aromatic rings. The highest BCUT2D eigenvalue weighted by Gasteiger charge is 2.20. The van der Waals surface area contributed by atoms with Crippen LogP contribution in [0.5, 0.6) is 0 Å². The summed E-state index contributed by atoms with van der Waals surface area (Å²) in [4.78, 5) is 2.57. The van der Waals surface area contributed by atoms with Gasteiger partial charge in [0.25, 0.3) is 0 Å². The van der Waals surface area contributed by atoms with Gasteiger partial charge < -0.3 is 15.0 Å². The van der Waals surface area contributed by atoms with Crippen LogP contribution in [-0.2, 0) is 4.74 Å². The molecule has 3 heteroatoms. The molecule has 3 nitrogen and oxygen atoms in total. The van der Waals surface area contributed by atoms with E-state index in [2.05, 4.69) is 42.3 Å². The average molecular weight is 316 g/mol. The standard InChI is InChI=1S/C20H32N2O/c1-16-5-3-7-20(17(16)2)22-12-8-19(9-13-22)21-11-4-6-18-10-14-23-15-18/h3,5,7,18-19,21H,4,6,8-15H2,1-2H3/t18-/m0/s1. The van der Waals surface area contributed by atoms with E-state index < -0.39 is 0 Å². The molecule has 1 N–H and O–H groups in total. The highest BCUT2D eigenvalue weighted by atomic mass is 16.5. The van der Waals surface area contributed by atoms with E-state index in [1.165, 1.54) is 68.6 Å². The lowest BCUT2D eigenvalue weighted by Gasteiger charge is -2.35. The Morgan fingerprint density at radius 3 is 2.74 bits per heavy atom. The zero-order chi connectivity index (χ0) is 16.1. The maximum Gasteiger partial charge on any atom is 0.0495 e. The molecule has 23 heavy (non-hydrogen) atoms. The highest BCUT2D eigenvalue weighted by Crippen LogP contribution is 2.26. The fraction of sp³-hybridized carbons (Fsp3) is 0.700. The number of ether oxygens (including phenoxy) is 1. The summed E-state index contributed by atoms with van der Waals surface area (Å²) in [6.07, 6.45) is 6.42. The predicted octanol–water partition coefficient (Wildman–Crippen LogP) is 3.68. The lowest BCUT2D eigenvalue weighted by Crippen LogP contribution is -2.43. The minimum Gasteiger partial charge on any atom is -0.381 e. The maximum atomic E-state index is 5.45. The molecular weight excluding hydrogens is 284 g/mol. The Morgan fingerprint density at radius 2 is 2.00 bits per heavy atom. The predicted molar refractivity (Wildman–Crippen MR) is 97.3 cm³/mol. The van der Waals surface area contributed by atoms with E-state index in [1.54, 1.807) is 0 Å². The number of benzene rings is 1. The van der Waals surface area contributed by atoms with Crippen LogP contribution < -0.4 is 10.2 Å². The Labute approximate surface area is 141 Å². The number of hydrogen-bond acceptors (Lipinski definition) is 3. The van der Waals surface area contributed by atoms with E-state index in [-0.39, 0.29) is 0 Å². The largest absolute Gasteiger partial charge is 0.381 e. The van der Waals surface area contributed by atoms with Crippen LogP contribution in [0.2, 0.25) is 0 Å². The molecule has 0 radical (unpaired) electrons. The Bertz CT molecular complexity index is 488. The smallest absolute Gasteiger partial charge is 0.0495 e. The average Bonchev–Trinajstić information content (AvgIpc) is 3.08. The molecule has 0 amide bonds. The Morgan fingerprint density at radius 1 is 1.17 bits per heavy atom. The van der Waals surface area contributed by atoms with Crippen LogP contribution in [0, 0.1) is 19.8 Å². The summed E-state index contributed by atoms with van der Waals surface area (Å²) in [6, 6.07) is 7.38. The molecule has 1 atom stereocenters. The zero-order valence-corrected chi connectivity index (χ0v) is 14.8. The first-order valence-corrected chi connectivity index (χ1v) is 9.36. The molecule has 1 aromatic carbocycles. The highest BCUT2D eigenvalue weighted by molar-refractivity contribution is 5.56. The monoisotopic (exact) mass is 316 g/mol. The number of anilines is 1. The van der Waals surface area contributed by atoms with Gasteiger partial charge in [0.05, 0.1) is 0 Å². The molecule has 0 spiro atoms. The Kier molecular flexibility index (Phi) is 5.96.